The van der Waals surface area contributed by atoms with Crippen LogP contribution in [0.15, 0.2) is 24.3 Å². The Labute approximate surface area is 120 Å². The van der Waals surface area contributed by atoms with Gasteiger partial charge in [0.25, 0.3) is 0 Å². The maximum absolute atomic E-state index is 11.3. The van der Waals surface area contributed by atoms with Crippen molar-refractivity contribution in [3.8, 4) is 5.75 Å². The molecule has 2 rings (SSSR count). The Morgan fingerprint density at radius 3 is 2.95 bits per heavy atom. The van der Waals surface area contributed by atoms with Crippen molar-refractivity contribution in [2.24, 2.45) is 0 Å². The third-order valence-electron chi connectivity index (χ3n) is 3.31. The Kier molecular flexibility index (Phi) is 5.39. The minimum absolute atomic E-state index is 0.0837. The van der Waals surface area contributed by atoms with Gasteiger partial charge in [0, 0.05) is 12.6 Å². The number of nitrogens with one attached hydrogen (secondary N) is 1. The smallest absolute Gasteiger partial charge is 0.151 e. The summed E-state index contributed by atoms with van der Waals surface area (Å²) in [5.41, 5.74) is 1.06. The van der Waals surface area contributed by atoms with Crippen LogP contribution in [0.4, 0.5) is 0 Å². The lowest BCUT2D eigenvalue weighted by Crippen LogP contribution is -2.32. The molecule has 0 aliphatic carbocycles. The third-order valence-corrected chi connectivity index (χ3v) is 5.08. The lowest BCUT2D eigenvalue weighted by atomic mass is 10.2. The molecule has 0 amide bonds. The van der Waals surface area contributed by atoms with E-state index in [4.69, 9.17) is 9.47 Å². The van der Waals surface area contributed by atoms with Crippen LogP contribution in [0, 0.1) is 0 Å². The number of methoxy groups -OCH3 is 1. The van der Waals surface area contributed by atoms with Crippen molar-refractivity contribution in [3.63, 3.8) is 0 Å². The second-order valence-corrected chi connectivity index (χ2v) is 7.19. The van der Waals surface area contributed by atoms with Gasteiger partial charge in [0.15, 0.2) is 9.84 Å². The first-order valence-electron chi connectivity index (χ1n) is 6.73. The zero-order chi connectivity index (χ0) is 14.4. The molecule has 6 heteroatoms. The summed E-state index contributed by atoms with van der Waals surface area (Å²) in [4.78, 5) is 0. The molecular formula is C14H21NO4S. The summed E-state index contributed by atoms with van der Waals surface area (Å²) in [6, 6.07) is 7.83. The lowest BCUT2D eigenvalue weighted by Gasteiger charge is -2.11. The van der Waals surface area contributed by atoms with E-state index < -0.39 is 9.84 Å². The summed E-state index contributed by atoms with van der Waals surface area (Å²) in [5, 5.41) is 3.22. The molecule has 112 valence electrons. The fourth-order valence-electron chi connectivity index (χ4n) is 2.24. The van der Waals surface area contributed by atoms with Crippen molar-refractivity contribution >= 4 is 9.84 Å². The maximum atomic E-state index is 11.3. The fraction of sp³-hybridized carbons (Fsp3) is 0.571. The highest BCUT2D eigenvalue weighted by Gasteiger charge is 2.26. The van der Waals surface area contributed by atoms with Gasteiger partial charge in [-0.3, -0.25) is 0 Å². The predicted molar refractivity (Wildman–Crippen MR) is 77.7 cm³/mol. The van der Waals surface area contributed by atoms with E-state index >= 15 is 0 Å². The summed E-state index contributed by atoms with van der Waals surface area (Å²) in [7, 11) is -1.17. The average molecular weight is 299 g/mol. The molecule has 0 bridgehead atoms. The summed E-state index contributed by atoms with van der Waals surface area (Å²) < 4.78 is 33.3. The molecule has 1 fully saturated rings. The number of benzene rings is 1. The van der Waals surface area contributed by atoms with Gasteiger partial charge in [0.2, 0.25) is 0 Å². The quantitative estimate of drug-likeness (QED) is 0.761. The summed E-state index contributed by atoms with van der Waals surface area (Å²) in [5.74, 6) is 1.37. The molecule has 20 heavy (non-hydrogen) atoms. The summed E-state index contributed by atoms with van der Waals surface area (Å²) in [6.07, 6.45) is 0.707. The van der Waals surface area contributed by atoms with Gasteiger partial charge in [0.1, 0.15) is 5.75 Å². The molecule has 1 aromatic rings. The highest BCUT2D eigenvalue weighted by Crippen LogP contribution is 2.13. The molecule has 1 saturated heterocycles. The molecule has 1 heterocycles. The molecule has 1 aromatic carbocycles. The van der Waals surface area contributed by atoms with Crippen molar-refractivity contribution in [2.45, 2.75) is 19.1 Å². The van der Waals surface area contributed by atoms with Crippen molar-refractivity contribution in [1.82, 2.24) is 5.32 Å². The van der Waals surface area contributed by atoms with E-state index in [-0.39, 0.29) is 11.8 Å². The molecule has 0 aromatic heterocycles. The number of hydrogen-bond donors (Lipinski definition) is 1. The standard InChI is InChI=1S/C14H21NO4S/c1-18-14-4-2-3-12(9-14)10-19-7-6-15-13-5-8-20(16,17)11-13/h2-4,9,13,15H,5-8,10-11H2,1H3. The van der Waals surface area contributed by atoms with Gasteiger partial charge < -0.3 is 14.8 Å². The Balaban J connectivity index is 1.62. The molecule has 5 nitrogen and oxygen atoms in total. The van der Waals surface area contributed by atoms with Crippen LogP contribution in [-0.4, -0.2) is 46.2 Å². The molecule has 1 N–H and O–H groups in total. The van der Waals surface area contributed by atoms with Gasteiger partial charge in [-0.1, -0.05) is 12.1 Å². The van der Waals surface area contributed by atoms with Gasteiger partial charge in [-0.05, 0) is 24.1 Å². The molecule has 1 unspecified atom stereocenters. The minimum atomic E-state index is -2.81. The fourth-order valence-corrected chi connectivity index (χ4v) is 3.95. The van der Waals surface area contributed by atoms with Crippen LogP contribution in [0.2, 0.25) is 0 Å². The number of ether oxygens (including phenoxy) is 2. The van der Waals surface area contributed by atoms with Crippen LogP contribution >= 0.6 is 0 Å². The van der Waals surface area contributed by atoms with Gasteiger partial charge >= 0.3 is 0 Å². The zero-order valence-corrected chi connectivity index (χ0v) is 12.5. The SMILES string of the molecule is COc1cccc(COCCNC2CCS(=O)(=O)C2)c1. The Morgan fingerprint density at radius 1 is 1.40 bits per heavy atom. The van der Waals surface area contributed by atoms with E-state index in [0.29, 0.717) is 31.9 Å². The van der Waals surface area contributed by atoms with E-state index in [1.807, 2.05) is 24.3 Å². The van der Waals surface area contributed by atoms with Crippen molar-refractivity contribution in [3.05, 3.63) is 29.8 Å². The molecule has 0 spiro atoms. The van der Waals surface area contributed by atoms with E-state index in [1.165, 1.54) is 0 Å². The number of hydrogen-bond acceptors (Lipinski definition) is 5. The van der Waals surface area contributed by atoms with E-state index in [1.54, 1.807) is 7.11 Å². The Morgan fingerprint density at radius 2 is 2.25 bits per heavy atom. The Bertz CT molecular complexity index is 530. The van der Waals surface area contributed by atoms with Crippen LogP contribution in [0.3, 0.4) is 0 Å². The largest absolute Gasteiger partial charge is 0.497 e. The van der Waals surface area contributed by atoms with Crippen LogP contribution in [0.25, 0.3) is 0 Å². The van der Waals surface area contributed by atoms with Crippen molar-refractivity contribution < 1.29 is 17.9 Å². The third kappa shape index (κ3) is 4.77. The van der Waals surface area contributed by atoms with E-state index in [2.05, 4.69) is 5.32 Å². The van der Waals surface area contributed by atoms with Crippen LogP contribution < -0.4 is 10.1 Å². The highest BCUT2D eigenvalue weighted by atomic mass is 32.2. The monoisotopic (exact) mass is 299 g/mol. The van der Waals surface area contributed by atoms with Gasteiger partial charge in [-0.15, -0.1) is 0 Å². The van der Waals surface area contributed by atoms with Gasteiger partial charge in [-0.2, -0.15) is 0 Å². The first-order valence-corrected chi connectivity index (χ1v) is 8.56. The second-order valence-electron chi connectivity index (χ2n) is 4.96. The molecule has 0 saturated carbocycles. The normalized spacial score (nSPS) is 20.9. The first-order chi connectivity index (χ1) is 9.59. The van der Waals surface area contributed by atoms with Gasteiger partial charge in [-0.25, -0.2) is 8.42 Å². The Hall–Kier alpha value is -1.11. The number of rotatable bonds is 7. The van der Waals surface area contributed by atoms with Crippen LogP contribution in [-0.2, 0) is 21.2 Å². The molecule has 1 aliphatic rings. The second kappa shape index (κ2) is 7.06. The topological polar surface area (TPSA) is 64.6 Å². The summed E-state index contributed by atoms with van der Waals surface area (Å²) in [6.45, 7) is 1.76. The summed E-state index contributed by atoms with van der Waals surface area (Å²) >= 11 is 0. The average Bonchev–Trinajstić information content (AvgIpc) is 2.78. The molecular weight excluding hydrogens is 278 g/mol. The van der Waals surface area contributed by atoms with E-state index in [0.717, 1.165) is 11.3 Å². The van der Waals surface area contributed by atoms with Crippen LogP contribution in [0.1, 0.15) is 12.0 Å². The molecule has 1 aliphatic heterocycles. The first kappa shape index (κ1) is 15.3. The van der Waals surface area contributed by atoms with E-state index in [9.17, 15) is 8.42 Å². The molecule has 1 atom stereocenters. The minimum Gasteiger partial charge on any atom is -0.497 e. The van der Waals surface area contributed by atoms with Gasteiger partial charge in [0.05, 0.1) is 31.8 Å². The van der Waals surface area contributed by atoms with Crippen LogP contribution in [0.5, 0.6) is 5.75 Å². The number of sulfone groups is 1. The zero-order valence-electron chi connectivity index (χ0n) is 11.7. The molecule has 0 radical (unpaired) electrons. The maximum Gasteiger partial charge on any atom is 0.151 e. The van der Waals surface area contributed by atoms with Crippen molar-refractivity contribution in [1.29, 1.82) is 0 Å². The van der Waals surface area contributed by atoms with Crippen molar-refractivity contribution in [2.75, 3.05) is 31.8 Å². The highest BCUT2D eigenvalue weighted by molar-refractivity contribution is 7.91. The predicted octanol–water partition coefficient (Wildman–Crippen LogP) is 0.988. The lowest BCUT2D eigenvalue weighted by molar-refractivity contribution is 0.121.